The summed E-state index contributed by atoms with van der Waals surface area (Å²) in [6.07, 6.45) is 2.41. The first-order valence-electron chi connectivity index (χ1n) is 9.65. The van der Waals surface area contributed by atoms with E-state index in [1.165, 1.54) is 10.5 Å². The molecular formula is C21H18N6O3S. The summed E-state index contributed by atoms with van der Waals surface area (Å²) in [4.78, 5) is 8.98. The molecule has 31 heavy (non-hydrogen) atoms. The molecule has 2 aromatic heterocycles. The molecule has 3 heterocycles. The second-order valence-corrected chi connectivity index (χ2v) is 8.99. The number of hydrogen-bond acceptors (Lipinski definition) is 8. The predicted octanol–water partition coefficient (Wildman–Crippen LogP) is 2.84. The van der Waals surface area contributed by atoms with Crippen molar-refractivity contribution in [2.45, 2.75) is 11.3 Å². The van der Waals surface area contributed by atoms with Gasteiger partial charge in [-0.15, -0.1) is 10.2 Å². The standard InChI is InChI=1S/C21H18N6O3S/c22-19-18(21-26-25-20(30-21)15-5-2-1-3-6-15)24-17(13-23-19)14-7-9-16(10-8-14)31(28,29)27-11-4-12-27/h1-3,5-10,13H,4,11-12H2,(H2,22,23). The highest BCUT2D eigenvalue weighted by atomic mass is 32.2. The average molecular weight is 434 g/mol. The van der Waals surface area contributed by atoms with Gasteiger partial charge in [0.2, 0.25) is 15.9 Å². The van der Waals surface area contributed by atoms with Crippen LogP contribution in [-0.4, -0.2) is 46.0 Å². The Morgan fingerprint density at radius 3 is 2.29 bits per heavy atom. The maximum Gasteiger partial charge on any atom is 0.270 e. The van der Waals surface area contributed by atoms with Crippen molar-refractivity contribution in [2.75, 3.05) is 18.8 Å². The number of benzene rings is 2. The van der Waals surface area contributed by atoms with E-state index >= 15 is 0 Å². The monoisotopic (exact) mass is 434 g/mol. The minimum atomic E-state index is -3.44. The van der Waals surface area contributed by atoms with E-state index in [1.807, 2.05) is 30.3 Å². The number of nitrogen functional groups attached to an aromatic ring is 1. The van der Waals surface area contributed by atoms with Crippen LogP contribution in [0.1, 0.15) is 6.42 Å². The number of rotatable bonds is 5. The normalized spacial score (nSPS) is 14.3. The molecule has 1 aliphatic rings. The van der Waals surface area contributed by atoms with Crippen molar-refractivity contribution in [3.8, 4) is 34.3 Å². The Hall–Kier alpha value is -3.63. The molecule has 1 fully saturated rings. The van der Waals surface area contributed by atoms with Gasteiger partial charge in [0.1, 0.15) is 0 Å². The Morgan fingerprint density at radius 1 is 0.903 bits per heavy atom. The van der Waals surface area contributed by atoms with E-state index < -0.39 is 10.0 Å². The van der Waals surface area contributed by atoms with Gasteiger partial charge in [0, 0.05) is 24.2 Å². The van der Waals surface area contributed by atoms with Crippen LogP contribution in [-0.2, 0) is 10.0 Å². The number of anilines is 1. The molecule has 2 N–H and O–H groups in total. The molecular weight excluding hydrogens is 416 g/mol. The van der Waals surface area contributed by atoms with Gasteiger partial charge < -0.3 is 10.2 Å². The lowest BCUT2D eigenvalue weighted by atomic mass is 10.1. The molecule has 0 unspecified atom stereocenters. The molecule has 0 amide bonds. The second kappa shape index (κ2) is 7.56. The zero-order valence-corrected chi connectivity index (χ0v) is 17.2. The van der Waals surface area contributed by atoms with Crippen LogP contribution in [0.25, 0.3) is 34.3 Å². The fraction of sp³-hybridized carbons (Fsp3) is 0.143. The molecule has 0 saturated carbocycles. The third-order valence-corrected chi connectivity index (χ3v) is 6.96. The highest BCUT2D eigenvalue weighted by Gasteiger charge is 2.29. The van der Waals surface area contributed by atoms with Gasteiger partial charge in [0.05, 0.1) is 16.8 Å². The fourth-order valence-corrected chi connectivity index (χ4v) is 4.70. The topological polar surface area (TPSA) is 128 Å². The Kier molecular flexibility index (Phi) is 4.72. The molecule has 0 aliphatic carbocycles. The molecule has 156 valence electrons. The summed E-state index contributed by atoms with van der Waals surface area (Å²) in [6.45, 7) is 1.12. The number of nitrogens with two attached hydrogens (primary N) is 1. The van der Waals surface area contributed by atoms with Gasteiger partial charge in [0.25, 0.3) is 5.89 Å². The first-order valence-corrected chi connectivity index (χ1v) is 11.1. The molecule has 0 atom stereocenters. The Labute approximate surface area is 178 Å². The van der Waals surface area contributed by atoms with E-state index in [1.54, 1.807) is 24.3 Å². The van der Waals surface area contributed by atoms with Gasteiger partial charge in [-0.3, -0.25) is 0 Å². The molecule has 5 rings (SSSR count). The summed E-state index contributed by atoms with van der Waals surface area (Å²) in [5.74, 6) is 0.662. The van der Waals surface area contributed by atoms with Gasteiger partial charge in [0.15, 0.2) is 11.5 Å². The van der Waals surface area contributed by atoms with E-state index in [-0.39, 0.29) is 22.3 Å². The molecule has 0 bridgehead atoms. The Balaban J connectivity index is 1.46. The van der Waals surface area contributed by atoms with Crippen molar-refractivity contribution >= 4 is 15.8 Å². The van der Waals surface area contributed by atoms with Crippen molar-refractivity contribution in [3.63, 3.8) is 0 Å². The zero-order chi connectivity index (χ0) is 21.4. The highest BCUT2D eigenvalue weighted by molar-refractivity contribution is 7.89. The molecule has 9 nitrogen and oxygen atoms in total. The van der Waals surface area contributed by atoms with Gasteiger partial charge in [-0.25, -0.2) is 18.4 Å². The van der Waals surface area contributed by atoms with Gasteiger partial charge in [-0.2, -0.15) is 4.31 Å². The van der Waals surface area contributed by atoms with Crippen LogP contribution >= 0.6 is 0 Å². The minimum absolute atomic E-state index is 0.155. The van der Waals surface area contributed by atoms with Crippen LogP contribution in [0.5, 0.6) is 0 Å². The number of aromatic nitrogens is 4. The summed E-state index contributed by atoms with van der Waals surface area (Å²) in [5.41, 5.74) is 8.25. The largest absolute Gasteiger partial charge is 0.414 e. The maximum absolute atomic E-state index is 12.5. The third kappa shape index (κ3) is 3.56. The summed E-state index contributed by atoms with van der Waals surface area (Å²) in [5, 5.41) is 8.12. The van der Waals surface area contributed by atoms with Crippen molar-refractivity contribution in [1.29, 1.82) is 0 Å². The summed E-state index contributed by atoms with van der Waals surface area (Å²) in [7, 11) is -3.44. The molecule has 4 aromatic rings. The van der Waals surface area contributed by atoms with Crippen LogP contribution in [0.3, 0.4) is 0 Å². The lowest BCUT2D eigenvalue weighted by Gasteiger charge is -2.29. The van der Waals surface area contributed by atoms with Gasteiger partial charge >= 0.3 is 0 Å². The molecule has 10 heteroatoms. The third-order valence-electron chi connectivity index (χ3n) is 5.05. The van der Waals surface area contributed by atoms with Crippen molar-refractivity contribution < 1.29 is 12.8 Å². The predicted molar refractivity (Wildman–Crippen MR) is 114 cm³/mol. The smallest absolute Gasteiger partial charge is 0.270 e. The number of nitrogens with zero attached hydrogens (tertiary/aromatic N) is 5. The molecule has 0 spiro atoms. The highest BCUT2D eigenvalue weighted by Crippen LogP contribution is 2.29. The first kappa shape index (κ1) is 19.3. The first-order chi connectivity index (χ1) is 15.0. The lowest BCUT2D eigenvalue weighted by Crippen LogP contribution is -2.41. The van der Waals surface area contributed by atoms with E-state index in [0.717, 1.165) is 12.0 Å². The average Bonchev–Trinajstić information content (AvgIpc) is 3.23. The van der Waals surface area contributed by atoms with E-state index in [9.17, 15) is 8.42 Å². The van der Waals surface area contributed by atoms with Crippen molar-refractivity contribution in [3.05, 3.63) is 60.8 Å². The maximum atomic E-state index is 12.5. The van der Waals surface area contributed by atoms with Crippen LogP contribution in [0.2, 0.25) is 0 Å². The summed E-state index contributed by atoms with van der Waals surface area (Å²) < 4.78 is 32.2. The number of hydrogen-bond donors (Lipinski definition) is 1. The zero-order valence-electron chi connectivity index (χ0n) is 16.3. The van der Waals surface area contributed by atoms with Crippen molar-refractivity contribution in [1.82, 2.24) is 24.5 Å². The molecule has 1 aliphatic heterocycles. The summed E-state index contributed by atoms with van der Waals surface area (Å²) in [6, 6.07) is 15.9. The second-order valence-electron chi connectivity index (χ2n) is 7.05. The quantitative estimate of drug-likeness (QED) is 0.508. The molecule has 2 aromatic carbocycles. The van der Waals surface area contributed by atoms with Crippen LogP contribution in [0, 0.1) is 0 Å². The van der Waals surface area contributed by atoms with Crippen LogP contribution in [0.15, 0.2) is 70.1 Å². The summed E-state index contributed by atoms with van der Waals surface area (Å²) >= 11 is 0. The Morgan fingerprint density at radius 2 is 1.61 bits per heavy atom. The van der Waals surface area contributed by atoms with E-state index in [2.05, 4.69) is 20.2 Å². The van der Waals surface area contributed by atoms with Crippen molar-refractivity contribution in [2.24, 2.45) is 0 Å². The lowest BCUT2D eigenvalue weighted by molar-refractivity contribution is 0.309. The van der Waals surface area contributed by atoms with Gasteiger partial charge in [-0.05, 0) is 30.7 Å². The SMILES string of the molecule is Nc1ncc(-c2ccc(S(=O)(=O)N3CCC3)cc2)nc1-c1nnc(-c2ccccc2)o1. The van der Waals surface area contributed by atoms with Crippen LogP contribution in [0.4, 0.5) is 5.82 Å². The molecule has 0 radical (unpaired) electrons. The van der Waals surface area contributed by atoms with Gasteiger partial charge in [-0.1, -0.05) is 30.3 Å². The number of sulfonamides is 1. The van der Waals surface area contributed by atoms with E-state index in [0.29, 0.717) is 30.2 Å². The minimum Gasteiger partial charge on any atom is -0.414 e. The van der Waals surface area contributed by atoms with Crippen LogP contribution < -0.4 is 5.73 Å². The Bertz CT molecular complexity index is 1330. The van der Waals surface area contributed by atoms with E-state index in [4.69, 9.17) is 10.2 Å². The molecule has 1 saturated heterocycles. The fourth-order valence-electron chi connectivity index (χ4n) is 3.19.